The molecule has 1 aliphatic carbocycles. The first kappa shape index (κ1) is 8.80. The predicted molar refractivity (Wildman–Crippen MR) is 57.2 cm³/mol. The number of hydrogen-bond donors (Lipinski definition) is 0. The SMILES string of the molecule is Cc1cc(C)c(C2CCC2)c(C)c1. The van der Waals surface area contributed by atoms with E-state index in [9.17, 15) is 0 Å². The fraction of sp³-hybridized carbons (Fsp3) is 0.538. The minimum absolute atomic E-state index is 0.876. The Kier molecular flexibility index (Phi) is 2.15. The maximum Gasteiger partial charge on any atom is -0.0157 e. The minimum Gasteiger partial charge on any atom is -0.0561 e. The van der Waals surface area contributed by atoms with Crippen LogP contribution in [0.2, 0.25) is 0 Å². The molecule has 0 aliphatic heterocycles. The average molecular weight is 174 g/mol. The van der Waals surface area contributed by atoms with Crippen LogP contribution >= 0.6 is 0 Å². The molecule has 0 bridgehead atoms. The van der Waals surface area contributed by atoms with E-state index < -0.39 is 0 Å². The first-order valence-electron chi connectivity index (χ1n) is 5.26. The first-order chi connectivity index (χ1) is 6.18. The zero-order valence-corrected chi connectivity index (χ0v) is 8.85. The Morgan fingerprint density at radius 2 is 1.54 bits per heavy atom. The molecule has 0 unspecified atom stereocenters. The molecule has 0 heteroatoms. The third kappa shape index (κ3) is 1.50. The Morgan fingerprint density at radius 1 is 1.00 bits per heavy atom. The maximum atomic E-state index is 2.32. The van der Waals surface area contributed by atoms with Crippen molar-refractivity contribution in [3.05, 3.63) is 34.4 Å². The van der Waals surface area contributed by atoms with Gasteiger partial charge in [-0.25, -0.2) is 0 Å². The summed E-state index contributed by atoms with van der Waals surface area (Å²) in [6.45, 7) is 6.70. The second-order valence-electron chi connectivity index (χ2n) is 4.44. The fourth-order valence-electron chi connectivity index (χ4n) is 2.53. The summed E-state index contributed by atoms with van der Waals surface area (Å²) in [6.07, 6.45) is 4.24. The lowest BCUT2D eigenvalue weighted by molar-refractivity contribution is 0.416. The van der Waals surface area contributed by atoms with Gasteiger partial charge in [-0.05, 0) is 56.2 Å². The van der Waals surface area contributed by atoms with Crippen LogP contribution in [0.4, 0.5) is 0 Å². The summed E-state index contributed by atoms with van der Waals surface area (Å²) in [5.41, 5.74) is 6.04. The van der Waals surface area contributed by atoms with Crippen LogP contribution in [0.15, 0.2) is 12.1 Å². The van der Waals surface area contributed by atoms with E-state index in [0.717, 1.165) is 5.92 Å². The number of aryl methyl sites for hydroxylation is 3. The van der Waals surface area contributed by atoms with Gasteiger partial charge in [0.05, 0.1) is 0 Å². The van der Waals surface area contributed by atoms with Crippen molar-refractivity contribution >= 4 is 0 Å². The molecule has 0 heterocycles. The number of rotatable bonds is 1. The van der Waals surface area contributed by atoms with Crippen molar-refractivity contribution in [2.45, 2.75) is 46.0 Å². The molecule has 0 radical (unpaired) electrons. The molecule has 0 N–H and O–H groups in total. The second-order valence-corrected chi connectivity index (χ2v) is 4.44. The average Bonchev–Trinajstić information content (AvgIpc) is 1.92. The van der Waals surface area contributed by atoms with E-state index in [1.165, 1.54) is 36.0 Å². The summed E-state index contributed by atoms with van der Waals surface area (Å²) in [5, 5.41) is 0. The van der Waals surface area contributed by atoms with Gasteiger partial charge in [-0.15, -0.1) is 0 Å². The van der Waals surface area contributed by atoms with Crippen molar-refractivity contribution in [2.24, 2.45) is 0 Å². The predicted octanol–water partition coefficient (Wildman–Crippen LogP) is 3.88. The van der Waals surface area contributed by atoms with Crippen molar-refractivity contribution in [1.82, 2.24) is 0 Å². The molecule has 0 atom stereocenters. The van der Waals surface area contributed by atoms with Gasteiger partial charge in [0.2, 0.25) is 0 Å². The summed E-state index contributed by atoms with van der Waals surface area (Å²) in [6, 6.07) is 4.64. The molecule has 0 aromatic heterocycles. The maximum absolute atomic E-state index is 2.32. The van der Waals surface area contributed by atoms with Gasteiger partial charge in [0.15, 0.2) is 0 Å². The molecule has 1 fully saturated rings. The molecular formula is C13H18. The Morgan fingerprint density at radius 3 is 1.92 bits per heavy atom. The highest BCUT2D eigenvalue weighted by Gasteiger charge is 2.22. The van der Waals surface area contributed by atoms with Crippen molar-refractivity contribution in [3.63, 3.8) is 0 Å². The first-order valence-corrected chi connectivity index (χ1v) is 5.26. The third-order valence-electron chi connectivity index (χ3n) is 3.25. The zero-order chi connectivity index (χ0) is 9.42. The smallest absolute Gasteiger partial charge is 0.0157 e. The highest BCUT2D eigenvalue weighted by molar-refractivity contribution is 5.40. The summed E-state index contributed by atoms with van der Waals surface area (Å²) < 4.78 is 0. The van der Waals surface area contributed by atoms with E-state index in [4.69, 9.17) is 0 Å². The van der Waals surface area contributed by atoms with Gasteiger partial charge in [0.1, 0.15) is 0 Å². The summed E-state index contributed by atoms with van der Waals surface area (Å²) in [7, 11) is 0. The molecule has 13 heavy (non-hydrogen) atoms. The van der Waals surface area contributed by atoms with Crippen LogP contribution in [0.25, 0.3) is 0 Å². The standard InChI is InChI=1S/C13H18/c1-9-7-10(2)13(11(3)8-9)12-5-4-6-12/h7-8,12H,4-6H2,1-3H3. The van der Waals surface area contributed by atoms with Gasteiger partial charge in [-0.1, -0.05) is 24.1 Å². The molecule has 0 amide bonds. The molecule has 70 valence electrons. The van der Waals surface area contributed by atoms with Crippen molar-refractivity contribution in [2.75, 3.05) is 0 Å². The summed E-state index contributed by atoms with van der Waals surface area (Å²) >= 11 is 0. The van der Waals surface area contributed by atoms with Crippen LogP contribution in [0.3, 0.4) is 0 Å². The zero-order valence-electron chi connectivity index (χ0n) is 8.85. The monoisotopic (exact) mass is 174 g/mol. The highest BCUT2D eigenvalue weighted by atomic mass is 14.3. The van der Waals surface area contributed by atoms with Crippen LogP contribution < -0.4 is 0 Å². The van der Waals surface area contributed by atoms with Crippen molar-refractivity contribution < 1.29 is 0 Å². The molecule has 2 rings (SSSR count). The Hall–Kier alpha value is -0.780. The third-order valence-corrected chi connectivity index (χ3v) is 3.25. The largest absolute Gasteiger partial charge is 0.0561 e. The molecule has 0 saturated heterocycles. The topological polar surface area (TPSA) is 0 Å². The highest BCUT2D eigenvalue weighted by Crippen LogP contribution is 2.39. The minimum atomic E-state index is 0.876. The fourth-order valence-corrected chi connectivity index (χ4v) is 2.53. The molecule has 1 saturated carbocycles. The Balaban J connectivity index is 2.43. The second kappa shape index (κ2) is 3.17. The van der Waals surface area contributed by atoms with E-state index in [2.05, 4.69) is 32.9 Å². The van der Waals surface area contributed by atoms with Gasteiger partial charge >= 0.3 is 0 Å². The van der Waals surface area contributed by atoms with Crippen LogP contribution in [-0.2, 0) is 0 Å². The molecular weight excluding hydrogens is 156 g/mol. The Labute approximate surface area is 81.0 Å². The summed E-state index contributed by atoms with van der Waals surface area (Å²) in [4.78, 5) is 0. The van der Waals surface area contributed by atoms with Gasteiger partial charge in [0, 0.05) is 0 Å². The van der Waals surface area contributed by atoms with Crippen molar-refractivity contribution in [3.8, 4) is 0 Å². The number of benzene rings is 1. The molecule has 0 nitrogen and oxygen atoms in total. The van der Waals surface area contributed by atoms with Gasteiger partial charge in [-0.2, -0.15) is 0 Å². The van der Waals surface area contributed by atoms with Crippen LogP contribution in [0, 0.1) is 20.8 Å². The lowest BCUT2D eigenvalue weighted by atomic mass is 9.76. The van der Waals surface area contributed by atoms with E-state index in [1.807, 2.05) is 0 Å². The lowest BCUT2D eigenvalue weighted by Crippen LogP contribution is -2.12. The van der Waals surface area contributed by atoms with E-state index in [1.54, 1.807) is 5.56 Å². The molecule has 0 spiro atoms. The van der Waals surface area contributed by atoms with Gasteiger partial charge in [0.25, 0.3) is 0 Å². The van der Waals surface area contributed by atoms with E-state index in [0.29, 0.717) is 0 Å². The normalized spacial score (nSPS) is 17.2. The van der Waals surface area contributed by atoms with E-state index in [-0.39, 0.29) is 0 Å². The van der Waals surface area contributed by atoms with Gasteiger partial charge < -0.3 is 0 Å². The van der Waals surface area contributed by atoms with Crippen LogP contribution in [0.5, 0.6) is 0 Å². The molecule has 1 aliphatic rings. The van der Waals surface area contributed by atoms with Crippen LogP contribution in [-0.4, -0.2) is 0 Å². The van der Waals surface area contributed by atoms with Crippen molar-refractivity contribution in [1.29, 1.82) is 0 Å². The number of hydrogen-bond acceptors (Lipinski definition) is 0. The van der Waals surface area contributed by atoms with E-state index >= 15 is 0 Å². The van der Waals surface area contributed by atoms with Gasteiger partial charge in [-0.3, -0.25) is 0 Å². The summed E-state index contributed by atoms with van der Waals surface area (Å²) in [5.74, 6) is 0.876. The lowest BCUT2D eigenvalue weighted by Gasteiger charge is -2.29. The molecule has 1 aromatic rings. The van der Waals surface area contributed by atoms with Crippen LogP contribution in [0.1, 0.15) is 47.4 Å². The Bertz CT molecular complexity index is 296. The quantitative estimate of drug-likeness (QED) is 0.606. The molecule has 1 aromatic carbocycles.